The molecule has 1 heterocycles. The molecule has 1 aromatic heterocycles. The molecule has 0 aliphatic carbocycles. The van der Waals surface area contributed by atoms with Crippen LogP contribution in [0.15, 0.2) is 45.6 Å². The maximum Gasteiger partial charge on any atom is 0.335 e. The number of aromatic hydroxyl groups is 1. The highest BCUT2D eigenvalue weighted by molar-refractivity contribution is 6.32. The van der Waals surface area contributed by atoms with Gasteiger partial charge in [-0.1, -0.05) is 23.7 Å². The van der Waals surface area contributed by atoms with E-state index in [1.54, 1.807) is 13.0 Å². The van der Waals surface area contributed by atoms with Gasteiger partial charge < -0.3 is 14.6 Å². The zero-order chi connectivity index (χ0) is 16.7. The predicted octanol–water partition coefficient (Wildman–Crippen LogP) is 3.83. The molecule has 0 radical (unpaired) electrons. The lowest BCUT2D eigenvalue weighted by atomic mass is 10.1. The molecule has 0 unspecified atom stereocenters. The molecule has 116 valence electrons. The lowest BCUT2D eigenvalue weighted by Gasteiger charge is -2.07. The van der Waals surface area contributed by atoms with Gasteiger partial charge in [-0.05, 0) is 36.8 Å². The van der Waals surface area contributed by atoms with Crippen molar-refractivity contribution in [3.8, 4) is 17.1 Å². The number of aryl methyl sites for hydroxylation is 1. The van der Waals surface area contributed by atoms with Gasteiger partial charge >= 0.3 is 5.97 Å². The fourth-order valence-electron chi connectivity index (χ4n) is 2.27. The molecule has 0 spiro atoms. The third kappa shape index (κ3) is 2.55. The lowest BCUT2D eigenvalue weighted by Crippen LogP contribution is -2.03. The number of aromatic carboxylic acids is 1. The summed E-state index contributed by atoms with van der Waals surface area (Å²) in [5.41, 5.74) is 0.941. The number of rotatable bonds is 2. The van der Waals surface area contributed by atoms with Crippen molar-refractivity contribution in [2.45, 2.75) is 6.92 Å². The summed E-state index contributed by atoms with van der Waals surface area (Å²) in [6.07, 6.45) is 0. The van der Waals surface area contributed by atoms with Crippen molar-refractivity contribution in [2.24, 2.45) is 0 Å². The van der Waals surface area contributed by atoms with E-state index in [4.69, 9.17) is 21.1 Å². The monoisotopic (exact) mass is 330 g/mol. The molecule has 0 saturated carbocycles. The van der Waals surface area contributed by atoms with E-state index >= 15 is 0 Å². The topological polar surface area (TPSA) is 87.7 Å². The molecule has 5 nitrogen and oxygen atoms in total. The summed E-state index contributed by atoms with van der Waals surface area (Å²) in [7, 11) is 0. The second kappa shape index (κ2) is 5.44. The van der Waals surface area contributed by atoms with Crippen molar-refractivity contribution < 1.29 is 19.4 Å². The number of hydrogen-bond acceptors (Lipinski definition) is 4. The van der Waals surface area contributed by atoms with Crippen molar-refractivity contribution in [3.05, 3.63) is 62.8 Å². The fourth-order valence-corrected chi connectivity index (χ4v) is 2.43. The van der Waals surface area contributed by atoms with Gasteiger partial charge in [0.15, 0.2) is 5.76 Å². The third-order valence-corrected chi connectivity index (χ3v) is 3.95. The van der Waals surface area contributed by atoms with Crippen LogP contribution in [0, 0.1) is 6.92 Å². The van der Waals surface area contributed by atoms with Gasteiger partial charge in [0, 0.05) is 10.6 Å². The number of carboxylic acid groups (broad SMARTS) is 1. The molecule has 0 amide bonds. The summed E-state index contributed by atoms with van der Waals surface area (Å²) in [6, 6.07) is 8.75. The SMILES string of the molecule is Cc1cc2oc(-c3ccc(C(=O)O)cc3)c(O)c(=O)c2cc1Cl. The van der Waals surface area contributed by atoms with Crippen LogP contribution in [-0.4, -0.2) is 16.2 Å². The second-order valence-corrected chi connectivity index (χ2v) is 5.50. The summed E-state index contributed by atoms with van der Waals surface area (Å²) >= 11 is 6.00. The largest absolute Gasteiger partial charge is 0.502 e. The van der Waals surface area contributed by atoms with Crippen LogP contribution in [-0.2, 0) is 0 Å². The molecule has 2 N–H and O–H groups in total. The number of carboxylic acids is 1. The minimum atomic E-state index is -1.06. The van der Waals surface area contributed by atoms with E-state index in [1.807, 2.05) is 0 Å². The van der Waals surface area contributed by atoms with Gasteiger partial charge in [-0.25, -0.2) is 4.79 Å². The number of hydrogen-bond donors (Lipinski definition) is 2. The molecular formula is C17H11ClO5. The van der Waals surface area contributed by atoms with Crippen LogP contribution < -0.4 is 5.43 Å². The van der Waals surface area contributed by atoms with Crippen LogP contribution in [0.3, 0.4) is 0 Å². The molecule has 0 aliphatic rings. The highest BCUT2D eigenvalue weighted by Crippen LogP contribution is 2.32. The maximum atomic E-state index is 12.3. The van der Waals surface area contributed by atoms with Crippen LogP contribution >= 0.6 is 11.6 Å². The number of fused-ring (bicyclic) bond motifs is 1. The van der Waals surface area contributed by atoms with Gasteiger partial charge in [0.1, 0.15) is 5.58 Å². The van der Waals surface area contributed by atoms with E-state index in [-0.39, 0.29) is 16.7 Å². The quantitative estimate of drug-likeness (QED) is 0.745. The van der Waals surface area contributed by atoms with Crippen LogP contribution in [0.5, 0.6) is 5.75 Å². The molecular weight excluding hydrogens is 320 g/mol. The number of carbonyl (C=O) groups is 1. The van der Waals surface area contributed by atoms with Gasteiger partial charge in [-0.2, -0.15) is 0 Å². The summed E-state index contributed by atoms with van der Waals surface area (Å²) in [5.74, 6) is -1.62. The Morgan fingerprint density at radius 3 is 2.43 bits per heavy atom. The van der Waals surface area contributed by atoms with Gasteiger partial charge in [0.25, 0.3) is 0 Å². The Morgan fingerprint density at radius 1 is 1.17 bits per heavy atom. The van der Waals surface area contributed by atoms with Gasteiger partial charge in [-0.15, -0.1) is 0 Å². The van der Waals surface area contributed by atoms with Gasteiger partial charge in [0.05, 0.1) is 10.9 Å². The Kier molecular flexibility index (Phi) is 3.58. The van der Waals surface area contributed by atoms with E-state index in [1.165, 1.54) is 30.3 Å². The highest BCUT2D eigenvalue weighted by Gasteiger charge is 2.16. The van der Waals surface area contributed by atoms with Crippen LogP contribution in [0.1, 0.15) is 15.9 Å². The Hall–Kier alpha value is -2.79. The van der Waals surface area contributed by atoms with Crippen molar-refractivity contribution >= 4 is 28.5 Å². The molecule has 3 rings (SSSR count). The van der Waals surface area contributed by atoms with Crippen molar-refractivity contribution in [1.82, 2.24) is 0 Å². The van der Waals surface area contributed by atoms with E-state index in [9.17, 15) is 14.7 Å². The molecule has 23 heavy (non-hydrogen) atoms. The first-order chi connectivity index (χ1) is 10.9. The zero-order valence-electron chi connectivity index (χ0n) is 12.0. The smallest absolute Gasteiger partial charge is 0.335 e. The molecule has 3 aromatic rings. The Morgan fingerprint density at radius 2 is 1.83 bits per heavy atom. The van der Waals surface area contributed by atoms with Crippen molar-refractivity contribution in [2.75, 3.05) is 0 Å². The van der Waals surface area contributed by atoms with E-state index in [0.717, 1.165) is 5.56 Å². The summed E-state index contributed by atoms with van der Waals surface area (Å²) in [5, 5.41) is 19.6. The summed E-state index contributed by atoms with van der Waals surface area (Å²) < 4.78 is 5.64. The number of benzene rings is 2. The minimum absolute atomic E-state index is 0.0128. The predicted molar refractivity (Wildman–Crippen MR) is 86.3 cm³/mol. The molecule has 6 heteroatoms. The maximum absolute atomic E-state index is 12.3. The average Bonchev–Trinajstić information content (AvgIpc) is 2.53. The zero-order valence-corrected chi connectivity index (χ0v) is 12.7. The van der Waals surface area contributed by atoms with Gasteiger partial charge in [-0.3, -0.25) is 4.79 Å². The van der Waals surface area contributed by atoms with E-state index in [0.29, 0.717) is 16.2 Å². The van der Waals surface area contributed by atoms with E-state index < -0.39 is 17.1 Å². The van der Waals surface area contributed by atoms with Gasteiger partial charge in [0.2, 0.25) is 11.2 Å². The Balaban J connectivity index is 2.25. The average molecular weight is 331 g/mol. The van der Waals surface area contributed by atoms with Crippen LogP contribution in [0.25, 0.3) is 22.3 Å². The summed E-state index contributed by atoms with van der Waals surface area (Å²) in [4.78, 5) is 23.2. The molecule has 0 bridgehead atoms. The third-order valence-electron chi connectivity index (χ3n) is 3.54. The molecule has 0 fully saturated rings. The van der Waals surface area contributed by atoms with Crippen molar-refractivity contribution in [1.29, 1.82) is 0 Å². The molecule has 0 atom stereocenters. The standard InChI is InChI=1S/C17H11ClO5/c1-8-6-13-11(7-12(8)18)14(19)15(20)16(23-13)9-2-4-10(5-3-9)17(21)22/h2-7,20H,1H3,(H,21,22). The number of halogens is 1. The van der Waals surface area contributed by atoms with Crippen molar-refractivity contribution in [3.63, 3.8) is 0 Å². The lowest BCUT2D eigenvalue weighted by molar-refractivity contribution is 0.0697. The molecule has 0 aliphatic heterocycles. The molecule has 2 aromatic carbocycles. The highest BCUT2D eigenvalue weighted by atomic mass is 35.5. The van der Waals surface area contributed by atoms with Crippen LogP contribution in [0.4, 0.5) is 0 Å². The first-order valence-corrected chi connectivity index (χ1v) is 7.06. The Labute approximate surface area is 135 Å². The fraction of sp³-hybridized carbons (Fsp3) is 0.0588. The first kappa shape index (κ1) is 15.1. The summed E-state index contributed by atoms with van der Waals surface area (Å²) in [6.45, 7) is 1.77. The first-order valence-electron chi connectivity index (χ1n) is 6.68. The second-order valence-electron chi connectivity index (χ2n) is 5.09. The normalized spacial score (nSPS) is 10.9. The Bertz CT molecular complexity index is 987. The van der Waals surface area contributed by atoms with Crippen LogP contribution in [0.2, 0.25) is 5.02 Å². The molecule has 0 saturated heterocycles. The minimum Gasteiger partial charge on any atom is -0.502 e. The van der Waals surface area contributed by atoms with E-state index in [2.05, 4.69) is 0 Å².